The van der Waals surface area contributed by atoms with Crippen LogP contribution in [-0.2, 0) is 9.53 Å². The van der Waals surface area contributed by atoms with E-state index in [0.29, 0.717) is 34.8 Å². The van der Waals surface area contributed by atoms with Gasteiger partial charge < -0.3 is 14.5 Å². The minimum absolute atomic E-state index is 0.291. The SMILES string of the molecule is CCOC(=O)c1cccc(NC(=O)/C(=C/c2ccco2)c2ccccc2)c1C. The Balaban J connectivity index is 1.93. The quantitative estimate of drug-likeness (QED) is 0.489. The highest BCUT2D eigenvalue weighted by molar-refractivity contribution is 6.29. The highest BCUT2D eigenvalue weighted by Gasteiger charge is 2.17. The number of nitrogens with one attached hydrogen (secondary N) is 1. The van der Waals surface area contributed by atoms with Crippen molar-refractivity contribution in [1.82, 2.24) is 0 Å². The van der Waals surface area contributed by atoms with Crippen molar-refractivity contribution in [3.05, 3.63) is 89.4 Å². The lowest BCUT2D eigenvalue weighted by Gasteiger charge is -2.13. The Morgan fingerprint density at radius 2 is 1.82 bits per heavy atom. The third-order valence-corrected chi connectivity index (χ3v) is 4.24. The van der Waals surface area contributed by atoms with Crippen molar-refractivity contribution in [2.24, 2.45) is 0 Å². The lowest BCUT2D eigenvalue weighted by Crippen LogP contribution is -2.16. The summed E-state index contributed by atoms with van der Waals surface area (Å²) in [4.78, 5) is 25.2. The van der Waals surface area contributed by atoms with Crippen LogP contribution in [0.5, 0.6) is 0 Å². The molecule has 0 bridgehead atoms. The van der Waals surface area contributed by atoms with Gasteiger partial charge in [-0.25, -0.2) is 4.79 Å². The Morgan fingerprint density at radius 1 is 1.04 bits per heavy atom. The van der Waals surface area contributed by atoms with Crippen LogP contribution in [0.25, 0.3) is 11.6 Å². The predicted molar refractivity (Wildman–Crippen MR) is 109 cm³/mol. The number of rotatable bonds is 6. The highest BCUT2D eigenvalue weighted by atomic mass is 16.5. The molecule has 0 aliphatic rings. The van der Waals surface area contributed by atoms with Gasteiger partial charge in [0.2, 0.25) is 0 Å². The molecule has 0 spiro atoms. The van der Waals surface area contributed by atoms with Crippen LogP contribution in [0.4, 0.5) is 5.69 Å². The van der Waals surface area contributed by atoms with Gasteiger partial charge in [0, 0.05) is 5.69 Å². The molecular formula is C23H21NO4. The van der Waals surface area contributed by atoms with Crippen LogP contribution in [0.2, 0.25) is 0 Å². The summed E-state index contributed by atoms with van der Waals surface area (Å²) < 4.78 is 10.4. The van der Waals surface area contributed by atoms with Crippen molar-refractivity contribution < 1.29 is 18.7 Å². The maximum absolute atomic E-state index is 13.1. The molecule has 0 unspecified atom stereocenters. The number of ether oxygens (including phenoxy) is 1. The largest absolute Gasteiger partial charge is 0.465 e. The Kier molecular flexibility index (Phi) is 6.07. The second-order valence-corrected chi connectivity index (χ2v) is 6.09. The summed E-state index contributed by atoms with van der Waals surface area (Å²) in [6.45, 7) is 3.82. The molecule has 0 saturated carbocycles. The first kappa shape index (κ1) is 19.2. The molecule has 0 saturated heterocycles. The highest BCUT2D eigenvalue weighted by Crippen LogP contribution is 2.24. The first-order valence-electron chi connectivity index (χ1n) is 8.99. The van der Waals surface area contributed by atoms with E-state index in [9.17, 15) is 9.59 Å². The van der Waals surface area contributed by atoms with Crippen LogP contribution in [0, 0.1) is 6.92 Å². The first-order valence-corrected chi connectivity index (χ1v) is 8.99. The van der Waals surface area contributed by atoms with E-state index in [1.54, 1.807) is 56.5 Å². The van der Waals surface area contributed by atoms with E-state index in [-0.39, 0.29) is 5.91 Å². The third-order valence-electron chi connectivity index (χ3n) is 4.24. The molecule has 0 aliphatic carbocycles. The summed E-state index contributed by atoms with van der Waals surface area (Å²) in [7, 11) is 0. The number of esters is 1. The second kappa shape index (κ2) is 8.86. The smallest absolute Gasteiger partial charge is 0.338 e. The van der Waals surface area contributed by atoms with E-state index in [0.717, 1.165) is 5.56 Å². The molecule has 1 aromatic heterocycles. The second-order valence-electron chi connectivity index (χ2n) is 6.09. The van der Waals surface area contributed by atoms with Crippen LogP contribution in [0.15, 0.2) is 71.3 Å². The molecule has 142 valence electrons. The number of anilines is 1. The first-order chi connectivity index (χ1) is 13.6. The van der Waals surface area contributed by atoms with Gasteiger partial charge in [-0.05, 0) is 55.3 Å². The molecule has 0 fully saturated rings. The molecule has 5 nitrogen and oxygen atoms in total. The molecule has 0 aliphatic heterocycles. The van der Waals surface area contributed by atoms with Gasteiger partial charge in [-0.15, -0.1) is 0 Å². The Morgan fingerprint density at radius 3 is 2.50 bits per heavy atom. The average Bonchev–Trinajstić information content (AvgIpc) is 3.22. The Bertz CT molecular complexity index is 989. The average molecular weight is 375 g/mol. The van der Waals surface area contributed by atoms with Crippen molar-refractivity contribution in [3.8, 4) is 0 Å². The van der Waals surface area contributed by atoms with E-state index in [2.05, 4.69) is 5.32 Å². The Labute approximate surface area is 163 Å². The van der Waals surface area contributed by atoms with Gasteiger partial charge in [-0.1, -0.05) is 36.4 Å². The van der Waals surface area contributed by atoms with E-state index in [4.69, 9.17) is 9.15 Å². The van der Waals surface area contributed by atoms with E-state index in [1.165, 1.54) is 0 Å². The molecule has 1 heterocycles. The van der Waals surface area contributed by atoms with Crippen molar-refractivity contribution in [2.75, 3.05) is 11.9 Å². The number of benzene rings is 2. The van der Waals surface area contributed by atoms with Crippen molar-refractivity contribution >= 4 is 29.2 Å². The monoisotopic (exact) mass is 375 g/mol. The summed E-state index contributed by atoms with van der Waals surface area (Å²) >= 11 is 0. The minimum Gasteiger partial charge on any atom is -0.465 e. The zero-order chi connectivity index (χ0) is 19.9. The van der Waals surface area contributed by atoms with Gasteiger partial charge in [-0.3, -0.25) is 4.79 Å². The van der Waals surface area contributed by atoms with Crippen molar-refractivity contribution in [3.63, 3.8) is 0 Å². The lowest BCUT2D eigenvalue weighted by atomic mass is 10.0. The number of carbonyl (C=O) groups is 2. The standard InChI is InChI=1S/C23H21NO4/c1-3-27-23(26)19-12-7-13-21(16(19)2)24-22(25)20(15-18-11-8-14-28-18)17-9-5-4-6-10-17/h4-15H,3H2,1-2H3,(H,24,25)/b20-15+. The normalized spacial score (nSPS) is 11.1. The zero-order valence-electron chi connectivity index (χ0n) is 15.8. The van der Waals surface area contributed by atoms with E-state index >= 15 is 0 Å². The molecule has 2 aromatic carbocycles. The maximum Gasteiger partial charge on any atom is 0.338 e. The summed E-state index contributed by atoms with van der Waals surface area (Å²) in [5.74, 6) is -0.136. The molecule has 0 radical (unpaired) electrons. The molecule has 3 aromatic rings. The van der Waals surface area contributed by atoms with Gasteiger partial charge >= 0.3 is 5.97 Å². The summed E-state index contributed by atoms with van der Waals surface area (Å²) in [6, 6.07) is 18.0. The minimum atomic E-state index is -0.412. The molecular weight excluding hydrogens is 354 g/mol. The van der Waals surface area contributed by atoms with Crippen molar-refractivity contribution in [1.29, 1.82) is 0 Å². The molecule has 1 amide bonds. The number of furan rings is 1. The topological polar surface area (TPSA) is 68.5 Å². The summed E-state index contributed by atoms with van der Waals surface area (Å²) in [5, 5.41) is 2.90. The molecule has 28 heavy (non-hydrogen) atoms. The van der Waals surface area contributed by atoms with Gasteiger partial charge in [-0.2, -0.15) is 0 Å². The van der Waals surface area contributed by atoms with Gasteiger partial charge in [0.05, 0.1) is 24.0 Å². The number of carbonyl (C=O) groups excluding carboxylic acids is 2. The number of hydrogen-bond acceptors (Lipinski definition) is 4. The van der Waals surface area contributed by atoms with E-state index in [1.807, 2.05) is 30.3 Å². The molecule has 3 rings (SSSR count). The fourth-order valence-electron chi connectivity index (χ4n) is 2.80. The van der Waals surface area contributed by atoms with Crippen LogP contribution >= 0.6 is 0 Å². The van der Waals surface area contributed by atoms with Gasteiger partial charge in [0.25, 0.3) is 5.91 Å². The fourth-order valence-corrected chi connectivity index (χ4v) is 2.80. The van der Waals surface area contributed by atoms with E-state index < -0.39 is 5.97 Å². The zero-order valence-corrected chi connectivity index (χ0v) is 15.8. The summed E-state index contributed by atoms with van der Waals surface area (Å²) in [6.07, 6.45) is 3.24. The van der Waals surface area contributed by atoms with Crippen LogP contribution in [0.3, 0.4) is 0 Å². The Hall–Kier alpha value is -3.60. The maximum atomic E-state index is 13.1. The number of hydrogen-bond donors (Lipinski definition) is 1. The third kappa shape index (κ3) is 4.38. The lowest BCUT2D eigenvalue weighted by molar-refractivity contribution is -0.111. The summed E-state index contributed by atoms with van der Waals surface area (Å²) in [5.41, 5.74) is 2.85. The predicted octanol–water partition coefficient (Wildman–Crippen LogP) is 4.94. The molecule has 1 N–H and O–H groups in total. The van der Waals surface area contributed by atoms with Crippen LogP contribution < -0.4 is 5.32 Å². The van der Waals surface area contributed by atoms with Gasteiger partial charge in [0.1, 0.15) is 5.76 Å². The number of amides is 1. The van der Waals surface area contributed by atoms with Crippen LogP contribution in [-0.4, -0.2) is 18.5 Å². The van der Waals surface area contributed by atoms with Crippen molar-refractivity contribution in [2.45, 2.75) is 13.8 Å². The molecule has 5 heteroatoms. The van der Waals surface area contributed by atoms with Gasteiger partial charge in [0.15, 0.2) is 0 Å². The van der Waals surface area contributed by atoms with Crippen LogP contribution in [0.1, 0.15) is 34.2 Å². The molecule has 0 atom stereocenters. The fraction of sp³-hybridized carbons (Fsp3) is 0.130.